The van der Waals surface area contributed by atoms with Crippen molar-refractivity contribution in [3.8, 4) is 0 Å². The second kappa shape index (κ2) is 7.02. The molecule has 1 aliphatic carbocycles. The Bertz CT molecular complexity index is 546. The van der Waals surface area contributed by atoms with Gasteiger partial charge in [-0.3, -0.25) is 10.1 Å². The molecular formula is C15H18BrNO4. The first-order valence-electron chi connectivity index (χ1n) is 7.16. The van der Waals surface area contributed by atoms with Crippen molar-refractivity contribution in [2.75, 3.05) is 0 Å². The fourth-order valence-corrected chi connectivity index (χ4v) is 3.32. The second-order valence-corrected chi connectivity index (χ2v) is 6.16. The number of rotatable bonds is 4. The van der Waals surface area contributed by atoms with E-state index in [1.807, 2.05) is 0 Å². The number of nitro groups is 1. The molecule has 0 N–H and O–H groups in total. The number of ether oxygens (including phenoxy) is 1. The Morgan fingerprint density at radius 2 is 2.24 bits per heavy atom. The molecule has 0 saturated heterocycles. The average Bonchev–Trinajstić information content (AvgIpc) is 2.47. The third-order valence-electron chi connectivity index (χ3n) is 3.98. The summed E-state index contributed by atoms with van der Waals surface area (Å²) in [6.45, 7) is 2.14. The van der Waals surface area contributed by atoms with E-state index in [0.717, 1.165) is 25.7 Å². The van der Waals surface area contributed by atoms with Crippen molar-refractivity contribution < 1.29 is 14.5 Å². The Kier molecular flexibility index (Phi) is 5.33. The quantitative estimate of drug-likeness (QED) is 0.453. The highest BCUT2D eigenvalue weighted by molar-refractivity contribution is 9.10. The lowest BCUT2D eigenvalue weighted by Gasteiger charge is -2.28. The Balaban J connectivity index is 2.10. The molecule has 1 aromatic carbocycles. The van der Waals surface area contributed by atoms with Crippen LogP contribution in [0.1, 0.15) is 49.4 Å². The molecule has 1 aromatic rings. The van der Waals surface area contributed by atoms with Gasteiger partial charge in [-0.1, -0.05) is 25.8 Å². The zero-order valence-electron chi connectivity index (χ0n) is 11.9. The lowest BCUT2D eigenvalue weighted by Crippen LogP contribution is -2.25. The van der Waals surface area contributed by atoms with Gasteiger partial charge >= 0.3 is 5.97 Å². The summed E-state index contributed by atoms with van der Waals surface area (Å²) in [5, 5.41) is 10.9. The number of esters is 1. The predicted molar refractivity (Wildman–Crippen MR) is 82.2 cm³/mol. The van der Waals surface area contributed by atoms with Gasteiger partial charge in [0.1, 0.15) is 10.6 Å². The summed E-state index contributed by atoms with van der Waals surface area (Å²) in [5.74, 6) is 0.109. The minimum atomic E-state index is -0.519. The maximum absolute atomic E-state index is 12.2. The minimum absolute atomic E-state index is 0.0811. The normalized spacial score (nSPS) is 21.8. The monoisotopic (exact) mass is 355 g/mol. The summed E-state index contributed by atoms with van der Waals surface area (Å²) in [7, 11) is 0. The first-order valence-corrected chi connectivity index (χ1v) is 7.96. The Labute approximate surface area is 132 Å². The number of hydrogen-bond donors (Lipinski definition) is 0. The summed E-state index contributed by atoms with van der Waals surface area (Å²) in [4.78, 5) is 22.6. The third-order valence-corrected chi connectivity index (χ3v) is 4.81. The van der Waals surface area contributed by atoms with Gasteiger partial charge in [-0.15, -0.1) is 0 Å². The van der Waals surface area contributed by atoms with Crippen molar-refractivity contribution >= 4 is 27.6 Å². The molecule has 2 rings (SSSR count). The molecular weight excluding hydrogens is 338 g/mol. The summed E-state index contributed by atoms with van der Waals surface area (Å²) in [5.41, 5.74) is 0.0855. The molecule has 21 heavy (non-hydrogen) atoms. The number of carbonyl (C=O) groups excluding carboxylic acids is 1. The molecule has 1 saturated carbocycles. The Hall–Kier alpha value is -1.43. The zero-order chi connectivity index (χ0) is 15.4. The highest BCUT2D eigenvalue weighted by Crippen LogP contribution is 2.32. The molecule has 1 fully saturated rings. The van der Waals surface area contributed by atoms with Gasteiger partial charge < -0.3 is 4.74 Å². The van der Waals surface area contributed by atoms with Crippen molar-refractivity contribution in [2.45, 2.75) is 45.1 Å². The average molecular weight is 356 g/mol. The van der Waals surface area contributed by atoms with E-state index in [1.54, 1.807) is 6.07 Å². The zero-order valence-corrected chi connectivity index (χ0v) is 13.5. The largest absolute Gasteiger partial charge is 0.459 e. The van der Waals surface area contributed by atoms with E-state index < -0.39 is 10.9 Å². The minimum Gasteiger partial charge on any atom is -0.459 e. The van der Waals surface area contributed by atoms with Crippen LogP contribution >= 0.6 is 15.9 Å². The second-order valence-electron chi connectivity index (χ2n) is 5.36. The van der Waals surface area contributed by atoms with E-state index in [-0.39, 0.29) is 21.8 Å². The molecule has 1 aliphatic rings. The third kappa shape index (κ3) is 3.81. The molecule has 0 radical (unpaired) electrons. The van der Waals surface area contributed by atoms with Crippen LogP contribution in [0.25, 0.3) is 0 Å². The van der Waals surface area contributed by atoms with Crippen LogP contribution in [0.2, 0.25) is 0 Å². The van der Waals surface area contributed by atoms with E-state index in [1.165, 1.54) is 18.6 Å². The molecule has 2 atom stereocenters. The number of benzene rings is 1. The van der Waals surface area contributed by atoms with Gasteiger partial charge in [0.15, 0.2) is 0 Å². The first kappa shape index (κ1) is 15.9. The van der Waals surface area contributed by atoms with Crippen LogP contribution in [-0.2, 0) is 4.74 Å². The van der Waals surface area contributed by atoms with Crippen molar-refractivity contribution in [1.82, 2.24) is 0 Å². The van der Waals surface area contributed by atoms with Crippen molar-refractivity contribution in [1.29, 1.82) is 0 Å². The van der Waals surface area contributed by atoms with Crippen LogP contribution in [0.4, 0.5) is 5.69 Å². The van der Waals surface area contributed by atoms with Gasteiger partial charge in [0.2, 0.25) is 0 Å². The summed E-state index contributed by atoms with van der Waals surface area (Å²) in [6, 6.07) is 4.39. The number of hydrogen-bond acceptors (Lipinski definition) is 4. The Morgan fingerprint density at radius 1 is 1.48 bits per heavy atom. The molecule has 6 heteroatoms. The molecule has 0 amide bonds. The molecule has 0 heterocycles. The molecule has 0 spiro atoms. The van der Waals surface area contributed by atoms with Crippen LogP contribution in [0.3, 0.4) is 0 Å². The molecule has 0 aromatic heterocycles. The summed E-state index contributed by atoms with van der Waals surface area (Å²) < 4.78 is 5.72. The highest BCUT2D eigenvalue weighted by atomic mass is 79.9. The number of nitrogens with zero attached hydrogens (tertiary/aromatic N) is 1. The number of halogens is 1. The number of carbonyl (C=O) groups is 1. The molecule has 0 aliphatic heterocycles. The maximum atomic E-state index is 12.2. The summed E-state index contributed by atoms with van der Waals surface area (Å²) in [6.07, 6.45) is 5.01. The van der Waals surface area contributed by atoms with Gasteiger partial charge in [-0.05, 0) is 47.2 Å². The van der Waals surface area contributed by atoms with Crippen LogP contribution in [0, 0.1) is 16.0 Å². The fraction of sp³-hybridized carbons (Fsp3) is 0.533. The smallest absolute Gasteiger partial charge is 0.339 e. The molecule has 114 valence electrons. The fourth-order valence-electron chi connectivity index (χ4n) is 2.75. The van der Waals surface area contributed by atoms with E-state index in [4.69, 9.17) is 4.74 Å². The summed E-state index contributed by atoms with van der Waals surface area (Å²) >= 11 is 3.13. The lowest BCUT2D eigenvalue weighted by atomic mass is 9.85. The predicted octanol–water partition coefficient (Wildman–Crippen LogP) is 4.48. The van der Waals surface area contributed by atoms with Gasteiger partial charge in [-0.2, -0.15) is 0 Å². The molecule has 2 unspecified atom stereocenters. The van der Waals surface area contributed by atoms with Crippen molar-refractivity contribution in [3.05, 3.63) is 38.3 Å². The van der Waals surface area contributed by atoms with Crippen LogP contribution in [0.15, 0.2) is 22.7 Å². The van der Waals surface area contributed by atoms with Crippen LogP contribution in [0.5, 0.6) is 0 Å². The van der Waals surface area contributed by atoms with Crippen molar-refractivity contribution in [3.63, 3.8) is 0 Å². The van der Waals surface area contributed by atoms with Crippen LogP contribution in [-0.4, -0.2) is 17.0 Å². The maximum Gasteiger partial charge on any atom is 0.339 e. The topological polar surface area (TPSA) is 69.4 Å². The van der Waals surface area contributed by atoms with Gasteiger partial charge in [0.25, 0.3) is 5.69 Å². The van der Waals surface area contributed by atoms with E-state index in [0.29, 0.717) is 5.92 Å². The Morgan fingerprint density at radius 3 is 2.90 bits per heavy atom. The molecule has 5 nitrogen and oxygen atoms in total. The SMILES string of the molecule is CCC1CCCC(OC(=O)c2cccc([N+](=O)[O-])c2Br)C1. The van der Waals surface area contributed by atoms with E-state index >= 15 is 0 Å². The van der Waals surface area contributed by atoms with Gasteiger partial charge in [-0.25, -0.2) is 4.79 Å². The standard InChI is InChI=1S/C15H18BrNO4/c1-2-10-5-3-6-11(9-10)21-15(18)12-7-4-8-13(14(12)16)17(19)20/h4,7-8,10-11H,2-3,5-6,9H2,1H3. The van der Waals surface area contributed by atoms with Gasteiger partial charge in [0.05, 0.1) is 10.5 Å². The van der Waals surface area contributed by atoms with Crippen LogP contribution < -0.4 is 0 Å². The lowest BCUT2D eigenvalue weighted by molar-refractivity contribution is -0.385. The molecule has 0 bridgehead atoms. The number of nitro benzene ring substituents is 1. The first-order chi connectivity index (χ1) is 10.0. The highest BCUT2D eigenvalue weighted by Gasteiger charge is 2.26. The van der Waals surface area contributed by atoms with E-state index in [9.17, 15) is 14.9 Å². The van der Waals surface area contributed by atoms with Crippen molar-refractivity contribution in [2.24, 2.45) is 5.92 Å². The van der Waals surface area contributed by atoms with Gasteiger partial charge in [0, 0.05) is 6.07 Å². The van der Waals surface area contributed by atoms with E-state index in [2.05, 4.69) is 22.9 Å².